The lowest BCUT2D eigenvalue weighted by atomic mass is 9.96. The van der Waals surface area contributed by atoms with Crippen LogP contribution in [-0.2, 0) is 21.4 Å². The summed E-state index contributed by atoms with van der Waals surface area (Å²) in [5, 5.41) is 0. The molecule has 0 spiro atoms. The first kappa shape index (κ1) is 24.9. The summed E-state index contributed by atoms with van der Waals surface area (Å²) in [7, 11) is -3.56. The zero-order valence-corrected chi connectivity index (χ0v) is 21.5. The normalized spacial score (nSPS) is 19.2. The molecule has 2 aromatic rings. The van der Waals surface area contributed by atoms with E-state index in [0.29, 0.717) is 30.8 Å². The van der Waals surface area contributed by atoms with Crippen molar-refractivity contribution in [2.45, 2.75) is 51.5 Å². The fourth-order valence-electron chi connectivity index (χ4n) is 5.50. The van der Waals surface area contributed by atoms with Crippen molar-refractivity contribution in [2.24, 2.45) is 5.92 Å². The standard InChI is InChI=1S/C27H37N3O3S/c1-21-18-22(2)26(23(3)19-21)34(32,33)30-14-10-25(11-15-30)27(31)29-13-7-12-28(16-17-29)20-24-8-5-4-6-9-24/h4-6,8-9,18-19,25H,7,10-17,20H2,1-3H3. The van der Waals surface area contributed by atoms with E-state index in [-0.39, 0.29) is 11.8 Å². The highest BCUT2D eigenvalue weighted by Crippen LogP contribution is 2.29. The van der Waals surface area contributed by atoms with Crippen molar-refractivity contribution in [1.29, 1.82) is 0 Å². The lowest BCUT2D eigenvalue weighted by Crippen LogP contribution is -2.45. The van der Waals surface area contributed by atoms with Crippen LogP contribution in [0.15, 0.2) is 47.4 Å². The summed E-state index contributed by atoms with van der Waals surface area (Å²) >= 11 is 0. The average Bonchev–Trinajstić information content (AvgIpc) is 3.04. The van der Waals surface area contributed by atoms with Crippen molar-refractivity contribution in [3.05, 3.63) is 64.7 Å². The number of sulfonamides is 1. The molecule has 34 heavy (non-hydrogen) atoms. The molecule has 2 saturated heterocycles. The van der Waals surface area contributed by atoms with Gasteiger partial charge in [-0.2, -0.15) is 4.31 Å². The monoisotopic (exact) mass is 483 g/mol. The van der Waals surface area contributed by atoms with Gasteiger partial charge in [0.2, 0.25) is 15.9 Å². The number of piperidine rings is 1. The van der Waals surface area contributed by atoms with Crippen LogP contribution in [0.5, 0.6) is 0 Å². The van der Waals surface area contributed by atoms with Crippen LogP contribution in [0.1, 0.15) is 41.5 Å². The minimum atomic E-state index is -3.56. The SMILES string of the molecule is Cc1cc(C)c(S(=O)(=O)N2CCC(C(=O)N3CCCN(Cc4ccccc4)CC3)CC2)c(C)c1. The van der Waals surface area contributed by atoms with Crippen LogP contribution in [0.4, 0.5) is 0 Å². The summed E-state index contributed by atoms with van der Waals surface area (Å²) in [5.41, 5.74) is 3.95. The molecule has 2 aliphatic heterocycles. The summed E-state index contributed by atoms with van der Waals surface area (Å²) in [4.78, 5) is 18.1. The minimum Gasteiger partial charge on any atom is -0.341 e. The predicted molar refractivity (Wildman–Crippen MR) is 135 cm³/mol. The molecule has 2 aliphatic rings. The minimum absolute atomic E-state index is 0.0904. The van der Waals surface area contributed by atoms with E-state index >= 15 is 0 Å². The van der Waals surface area contributed by atoms with Gasteiger partial charge in [0.05, 0.1) is 4.90 Å². The lowest BCUT2D eigenvalue weighted by Gasteiger charge is -2.34. The van der Waals surface area contributed by atoms with E-state index < -0.39 is 10.0 Å². The highest BCUT2D eigenvalue weighted by Gasteiger charge is 2.35. The number of aryl methyl sites for hydroxylation is 3. The summed E-state index contributed by atoms with van der Waals surface area (Å²) in [6.45, 7) is 10.8. The lowest BCUT2D eigenvalue weighted by molar-refractivity contribution is -0.136. The van der Waals surface area contributed by atoms with Crippen LogP contribution in [0.25, 0.3) is 0 Å². The van der Waals surface area contributed by atoms with Crippen molar-refractivity contribution in [1.82, 2.24) is 14.1 Å². The van der Waals surface area contributed by atoms with E-state index in [1.54, 1.807) is 4.31 Å². The Kier molecular flexibility index (Phi) is 7.75. The van der Waals surface area contributed by atoms with Crippen LogP contribution in [0, 0.1) is 26.7 Å². The average molecular weight is 484 g/mol. The topological polar surface area (TPSA) is 60.9 Å². The first-order valence-corrected chi connectivity index (χ1v) is 13.8. The van der Waals surface area contributed by atoms with Crippen molar-refractivity contribution in [3.8, 4) is 0 Å². The molecule has 0 bridgehead atoms. The van der Waals surface area contributed by atoms with Gasteiger partial charge in [-0.05, 0) is 56.7 Å². The molecule has 184 valence electrons. The van der Waals surface area contributed by atoms with Crippen LogP contribution in [0.2, 0.25) is 0 Å². The van der Waals surface area contributed by atoms with Gasteiger partial charge in [-0.15, -0.1) is 0 Å². The van der Waals surface area contributed by atoms with E-state index in [4.69, 9.17) is 0 Å². The molecule has 0 saturated carbocycles. The third-order valence-electron chi connectivity index (χ3n) is 7.15. The largest absolute Gasteiger partial charge is 0.341 e. The van der Waals surface area contributed by atoms with Crippen molar-refractivity contribution in [2.75, 3.05) is 39.3 Å². The molecule has 0 radical (unpaired) electrons. The third-order valence-corrected chi connectivity index (χ3v) is 9.36. The molecule has 0 aromatic heterocycles. The summed E-state index contributed by atoms with van der Waals surface area (Å²) in [6.07, 6.45) is 2.15. The molecule has 7 heteroatoms. The summed E-state index contributed by atoms with van der Waals surface area (Å²) < 4.78 is 28.3. The first-order valence-electron chi connectivity index (χ1n) is 12.4. The molecule has 2 fully saturated rings. The molecular weight excluding hydrogens is 446 g/mol. The number of benzene rings is 2. The smallest absolute Gasteiger partial charge is 0.243 e. The first-order chi connectivity index (χ1) is 16.3. The molecule has 0 unspecified atom stereocenters. The number of nitrogens with zero attached hydrogens (tertiary/aromatic N) is 3. The Bertz CT molecular complexity index is 1090. The zero-order valence-electron chi connectivity index (χ0n) is 20.7. The Balaban J connectivity index is 1.34. The van der Waals surface area contributed by atoms with Gasteiger partial charge >= 0.3 is 0 Å². The Morgan fingerprint density at radius 2 is 1.53 bits per heavy atom. The predicted octanol–water partition coefficient (Wildman–Crippen LogP) is 3.75. The molecule has 0 aliphatic carbocycles. The number of hydrogen-bond donors (Lipinski definition) is 0. The fourth-order valence-corrected chi connectivity index (χ4v) is 7.38. The molecule has 6 nitrogen and oxygen atoms in total. The molecule has 2 heterocycles. The second-order valence-corrected chi connectivity index (χ2v) is 11.7. The fraction of sp³-hybridized carbons (Fsp3) is 0.519. The maximum Gasteiger partial charge on any atom is 0.243 e. The van der Waals surface area contributed by atoms with Crippen molar-refractivity contribution >= 4 is 15.9 Å². The van der Waals surface area contributed by atoms with Gasteiger partial charge in [-0.3, -0.25) is 9.69 Å². The number of carbonyl (C=O) groups excluding carboxylic acids is 1. The molecular formula is C27H37N3O3S. The summed E-state index contributed by atoms with van der Waals surface area (Å²) in [5.74, 6) is 0.105. The molecule has 2 aromatic carbocycles. The molecule has 0 atom stereocenters. The number of rotatable bonds is 5. The maximum absolute atomic E-state index is 13.4. The quantitative estimate of drug-likeness (QED) is 0.650. The van der Waals surface area contributed by atoms with Gasteiger partial charge in [-0.25, -0.2) is 8.42 Å². The molecule has 1 amide bonds. The van der Waals surface area contributed by atoms with E-state index in [2.05, 4.69) is 29.2 Å². The van der Waals surface area contributed by atoms with Gasteiger partial charge in [-0.1, -0.05) is 48.0 Å². The van der Waals surface area contributed by atoms with E-state index in [1.165, 1.54) is 5.56 Å². The van der Waals surface area contributed by atoms with Gasteiger partial charge in [0.25, 0.3) is 0 Å². The van der Waals surface area contributed by atoms with Gasteiger partial charge in [0, 0.05) is 51.7 Å². The molecule has 0 N–H and O–H groups in total. The number of carbonyl (C=O) groups is 1. The van der Waals surface area contributed by atoms with Crippen LogP contribution in [0.3, 0.4) is 0 Å². The van der Waals surface area contributed by atoms with Crippen LogP contribution < -0.4 is 0 Å². The van der Waals surface area contributed by atoms with Crippen LogP contribution in [-0.4, -0.2) is 67.7 Å². The molecule has 4 rings (SSSR count). The van der Waals surface area contributed by atoms with Crippen molar-refractivity contribution < 1.29 is 13.2 Å². The van der Waals surface area contributed by atoms with E-state index in [1.807, 2.05) is 43.9 Å². The Morgan fingerprint density at radius 1 is 0.882 bits per heavy atom. The van der Waals surface area contributed by atoms with Gasteiger partial charge < -0.3 is 4.90 Å². The second-order valence-electron chi connectivity index (χ2n) is 9.85. The van der Waals surface area contributed by atoms with Gasteiger partial charge in [0.1, 0.15) is 0 Å². The zero-order chi connectivity index (χ0) is 24.3. The van der Waals surface area contributed by atoms with E-state index in [0.717, 1.165) is 55.8 Å². The Labute approximate surface area is 204 Å². The van der Waals surface area contributed by atoms with E-state index in [9.17, 15) is 13.2 Å². The number of hydrogen-bond acceptors (Lipinski definition) is 4. The highest BCUT2D eigenvalue weighted by atomic mass is 32.2. The third kappa shape index (κ3) is 5.53. The van der Waals surface area contributed by atoms with Crippen LogP contribution >= 0.6 is 0 Å². The van der Waals surface area contributed by atoms with Crippen molar-refractivity contribution in [3.63, 3.8) is 0 Å². The summed E-state index contributed by atoms with van der Waals surface area (Å²) in [6, 6.07) is 14.3. The Hall–Kier alpha value is -2.22. The Morgan fingerprint density at radius 3 is 2.18 bits per heavy atom. The number of amides is 1. The van der Waals surface area contributed by atoms with Gasteiger partial charge in [0.15, 0.2) is 0 Å². The highest BCUT2D eigenvalue weighted by molar-refractivity contribution is 7.89. The maximum atomic E-state index is 13.4. The second kappa shape index (κ2) is 10.6.